The molecule has 0 spiro atoms. The molecule has 0 N–H and O–H groups in total. The van der Waals surface area contributed by atoms with E-state index >= 15 is 0 Å². The second kappa shape index (κ2) is 5.87. The summed E-state index contributed by atoms with van der Waals surface area (Å²) in [7, 11) is 0.0420. The summed E-state index contributed by atoms with van der Waals surface area (Å²) < 4.78 is 9.93. The standard InChI is InChI=1S/C12H17O4P/c1-5-15-11(13)9-7(3)8(4)10(17-9)12(14)16-6-2/h17H,5-6H2,1-4H3. The van der Waals surface area contributed by atoms with Gasteiger partial charge in [-0.15, -0.1) is 8.19 Å². The molecule has 0 aromatic carbocycles. The number of rotatable bonds is 4. The topological polar surface area (TPSA) is 52.6 Å². The summed E-state index contributed by atoms with van der Waals surface area (Å²) in [5, 5.41) is 1.18. The molecule has 1 aromatic heterocycles. The van der Waals surface area contributed by atoms with Crippen molar-refractivity contribution < 1.29 is 19.1 Å². The van der Waals surface area contributed by atoms with Crippen molar-refractivity contribution in [2.45, 2.75) is 27.7 Å². The molecule has 5 heteroatoms. The van der Waals surface area contributed by atoms with Gasteiger partial charge in [0.1, 0.15) is 0 Å². The predicted octanol–water partition coefficient (Wildman–Crippen LogP) is 2.69. The van der Waals surface area contributed by atoms with Gasteiger partial charge in [-0.2, -0.15) is 0 Å². The Balaban J connectivity index is 3.07. The van der Waals surface area contributed by atoms with Crippen LogP contribution in [-0.2, 0) is 9.47 Å². The van der Waals surface area contributed by atoms with E-state index in [1.165, 1.54) is 0 Å². The maximum Gasteiger partial charge on any atom is 0.342 e. The van der Waals surface area contributed by atoms with Crippen LogP contribution in [0.4, 0.5) is 0 Å². The Kier molecular flexibility index (Phi) is 4.76. The van der Waals surface area contributed by atoms with E-state index in [4.69, 9.17) is 9.47 Å². The van der Waals surface area contributed by atoms with Crippen LogP contribution in [0.25, 0.3) is 0 Å². The molecule has 0 fully saturated rings. The lowest BCUT2D eigenvalue weighted by Gasteiger charge is -2.00. The SMILES string of the molecule is CCOC(=O)c1[pH]c(C(=O)OCC)c(C)c1C. The van der Waals surface area contributed by atoms with Crippen LogP contribution in [0, 0.1) is 13.8 Å². The zero-order chi connectivity index (χ0) is 13.0. The molecule has 1 aromatic rings. The van der Waals surface area contributed by atoms with E-state index in [0.29, 0.717) is 23.8 Å². The van der Waals surface area contributed by atoms with Gasteiger partial charge in [0.05, 0.1) is 23.8 Å². The molecule has 0 amide bonds. The molecular weight excluding hydrogens is 239 g/mol. The fourth-order valence-electron chi connectivity index (χ4n) is 1.50. The quantitative estimate of drug-likeness (QED) is 0.777. The zero-order valence-corrected chi connectivity index (χ0v) is 11.5. The van der Waals surface area contributed by atoms with Crippen molar-refractivity contribution in [3.8, 4) is 0 Å². The number of hydrogen-bond acceptors (Lipinski definition) is 4. The lowest BCUT2D eigenvalue weighted by Crippen LogP contribution is -2.03. The van der Waals surface area contributed by atoms with E-state index in [1.807, 2.05) is 13.8 Å². The Bertz CT molecular complexity index is 395. The summed E-state index contributed by atoms with van der Waals surface area (Å²) >= 11 is 0. The van der Waals surface area contributed by atoms with E-state index in [0.717, 1.165) is 11.1 Å². The van der Waals surface area contributed by atoms with E-state index in [9.17, 15) is 9.59 Å². The third-order valence-corrected chi connectivity index (χ3v) is 4.18. The molecule has 17 heavy (non-hydrogen) atoms. The predicted molar refractivity (Wildman–Crippen MR) is 67.3 cm³/mol. The van der Waals surface area contributed by atoms with Crippen molar-refractivity contribution in [3.63, 3.8) is 0 Å². The van der Waals surface area contributed by atoms with Gasteiger partial charge in [0, 0.05) is 0 Å². The highest BCUT2D eigenvalue weighted by Crippen LogP contribution is 2.33. The zero-order valence-electron chi connectivity index (χ0n) is 10.5. The molecule has 94 valence electrons. The van der Waals surface area contributed by atoms with Gasteiger partial charge < -0.3 is 9.47 Å². The van der Waals surface area contributed by atoms with Gasteiger partial charge in [-0.25, -0.2) is 9.59 Å². The molecule has 0 saturated heterocycles. The summed E-state index contributed by atoms with van der Waals surface area (Å²) in [5.41, 5.74) is 1.68. The summed E-state index contributed by atoms with van der Waals surface area (Å²) in [6.07, 6.45) is 0. The van der Waals surface area contributed by atoms with Gasteiger partial charge in [-0.1, -0.05) is 0 Å². The molecule has 0 bridgehead atoms. The number of esters is 2. The van der Waals surface area contributed by atoms with Crippen LogP contribution in [0.1, 0.15) is 45.2 Å². The molecule has 0 aliphatic heterocycles. The van der Waals surface area contributed by atoms with E-state index in [-0.39, 0.29) is 20.1 Å². The lowest BCUT2D eigenvalue weighted by molar-refractivity contribution is 0.0523. The highest BCUT2D eigenvalue weighted by molar-refractivity contribution is 7.35. The summed E-state index contributed by atoms with van der Waals surface area (Å²) in [6.45, 7) is 7.88. The highest BCUT2D eigenvalue weighted by Gasteiger charge is 2.21. The van der Waals surface area contributed by atoms with E-state index in [1.54, 1.807) is 13.8 Å². The number of carbonyl (C=O) groups excluding carboxylic acids is 2. The third-order valence-electron chi connectivity index (χ3n) is 2.52. The number of ether oxygens (including phenoxy) is 2. The maximum atomic E-state index is 11.7. The first-order chi connectivity index (χ1) is 8.02. The Morgan fingerprint density at radius 1 is 0.941 bits per heavy atom. The summed E-state index contributed by atoms with van der Waals surface area (Å²) in [4.78, 5) is 23.4. The average Bonchev–Trinajstić information content (AvgIpc) is 2.57. The molecular formula is C12H17O4P. The van der Waals surface area contributed by atoms with Gasteiger partial charge in [0.25, 0.3) is 0 Å². The Morgan fingerprint density at radius 3 is 1.59 bits per heavy atom. The maximum absolute atomic E-state index is 11.7. The van der Waals surface area contributed by atoms with Crippen LogP contribution in [0.15, 0.2) is 0 Å². The highest BCUT2D eigenvalue weighted by atomic mass is 31.0. The van der Waals surface area contributed by atoms with Crippen LogP contribution < -0.4 is 0 Å². The van der Waals surface area contributed by atoms with E-state index < -0.39 is 0 Å². The van der Waals surface area contributed by atoms with E-state index in [2.05, 4.69) is 0 Å². The Labute approximate surface area is 102 Å². The van der Waals surface area contributed by atoms with Gasteiger partial charge >= 0.3 is 11.9 Å². The molecule has 0 aliphatic carbocycles. The van der Waals surface area contributed by atoms with Crippen molar-refractivity contribution in [3.05, 3.63) is 21.7 Å². The summed E-state index contributed by atoms with van der Waals surface area (Å²) in [5.74, 6) is -0.663. The minimum Gasteiger partial charge on any atom is -0.462 e. The second-order valence-electron chi connectivity index (χ2n) is 3.57. The number of carbonyl (C=O) groups is 2. The first-order valence-electron chi connectivity index (χ1n) is 5.56. The van der Waals surface area contributed by atoms with Crippen molar-refractivity contribution >= 4 is 20.1 Å². The smallest absolute Gasteiger partial charge is 0.342 e. The average molecular weight is 256 g/mol. The van der Waals surface area contributed by atoms with Crippen LogP contribution in [0.3, 0.4) is 0 Å². The molecule has 4 nitrogen and oxygen atoms in total. The lowest BCUT2D eigenvalue weighted by atomic mass is 10.1. The molecule has 1 heterocycles. The second-order valence-corrected chi connectivity index (χ2v) is 4.82. The van der Waals surface area contributed by atoms with Crippen LogP contribution in [-0.4, -0.2) is 25.2 Å². The van der Waals surface area contributed by atoms with Crippen LogP contribution >= 0.6 is 8.19 Å². The first kappa shape index (κ1) is 13.8. The van der Waals surface area contributed by atoms with Crippen molar-refractivity contribution in [2.75, 3.05) is 13.2 Å². The Morgan fingerprint density at radius 2 is 1.29 bits per heavy atom. The monoisotopic (exact) mass is 256 g/mol. The molecule has 0 atom stereocenters. The summed E-state index contributed by atoms with van der Waals surface area (Å²) in [6, 6.07) is 0. The van der Waals surface area contributed by atoms with Gasteiger partial charge in [-0.3, -0.25) is 0 Å². The van der Waals surface area contributed by atoms with Crippen LogP contribution in [0.5, 0.6) is 0 Å². The van der Waals surface area contributed by atoms with Gasteiger partial charge in [-0.05, 0) is 38.8 Å². The van der Waals surface area contributed by atoms with Gasteiger partial charge in [0.2, 0.25) is 0 Å². The van der Waals surface area contributed by atoms with Crippen molar-refractivity contribution in [1.29, 1.82) is 0 Å². The first-order valence-corrected chi connectivity index (χ1v) is 6.56. The fraction of sp³-hybridized carbons (Fsp3) is 0.500. The van der Waals surface area contributed by atoms with Crippen LogP contribution in [0.2, 0.25) is 0 Å². The molecule has 1 rings (SSSR count). The van der Waals surface area contributed by atoms with Crippen molar-refractivity contribution in [1.82, 2.24) is 0 Å². The minimum atomic E-state index is -0.331. The van der Waals surface area contributed by atoms with Gasteiger partial charge in [0.15, 0.2) is 0 Å². The minimum absolute atomic E-state index is 0.0420. The largest absolute Gasteiger partial charge is 0.462 e. The number of hydrogen-bond donors (Lipinski definition) is 0. The molecule has 0 aliphatic rings. The molecule has 0 saturated carbocycles. The van der Waals surface area contributed by atoms with Crippen molar-refractivity contribution in [2.24, 2.45) is 0 Å². The fourth-order valence-corrected chi connectivity index (χ4v) is 2.85. The molecule has 0 unspecified atom stereocenters. The Hall–Kier alpha value is -1.28. The molecule has 0 radical (unpaired) electrons. The normalized spacial score (nSPS) is 10.1. The third kappa shape index (κ3) is 2.89.